The van der Waals surface area contributed by atoms with E-state index in [9.17, 15) is 5.11 Å². The average Bonchev–Trinajstić information content (AvgIpc) is 2.44. The van der Waals surface area contributed by atoms with Crippen LogP contribution in [0, 0.1) is 6.92 Å². The lowest BCUT2D eigenvalue weighted by molar-refractivity contribution is 0.471. The van der Waals surface area contributed by atoms with E-state index < -0.39 is 0 Å². The Morgan fingerprint density at radius 1 is 1.06 bits per heavy atom. The second-order valence-electron chi connectivity index (χ2n) is 3.25. The summed E-state index contributed by atoms with van der Waals surface area (Å²) in [4.78, 5) is 0. The summed E-state index contributed by atoms with van der Waals surface area (Å²) >= 11 is 0. The molecule has 0 heterocycles. The molecule has 1 aromatic carbocycles. The first-order valence-electron chi connectivity index (χ1n) is 6.78. The quantitative estimate of drug-likeness (QED) is 0.662. The Balaban J connectivity index is 0. The van der Waals surface area contributed by atoms with E-state index in [0.29, 0.717) is 5.75 Å². The third-order valence-corrected chi connectivity index (χ3v) is 2.19. The summed E-state index contributed by atoms with van der Waals surface area (Å²) in [5.41, 5.74) is 3.22. The lowest BCUT2D eigenvalue weighted by Crippen LogP contribution is -1.82. The smallest absolute Gasteiger partial charge is 0.118 e. The fraction of sp³-hybridized carbons (Fsp3) is 0.412. The van der Waals surface area contributed by atoms with Gasteiger partial charge in [0.1, 0.15) is 5.75 Å². The number of aryl methyl sites for hydroxylation is 1. The maximum Gasteiger partial charge on any atom is 0.118 e. The van der Waals surface area contributed by atoms with E-state index in [1.165, 1.54) is 5.57 Å². The Labute approximate surface area is 113 Å². The first-order chi connectivity index (χ1) is 8.69. The maximum absolute atomic E-state index is 9.39. The van der Waals surface area contributed by atoms with Gasteiger partial charge in [-0.15, -0.1) is 0 Å². The van der Waals surface area contributed by atoms with Gasteiger partial charge >= 0.3 is 0 Å². The van der Waals surface area contributed by atoms with Crippen molar-refractivity contribution in [3.8, 4) is 5.75 Å². The Morgan fingerprint density at radius 3 is 2.00 bits per heavy atom. The predicted octanol–water partition coefficient (Wildman–Crippen LogP) is 5.73. The predicted molar refractivity (Wildman–Crippen MR) is 84.0 cm³/mol. The summed E-state index contributed by atoms with van der Waals surface area (Å²) in [6.07, 6.45) is 6.13. The van der Waals surface area contributed by atoms with Gasteiger partial charge in [0.05, 0.1) is 0 Å². The van der Waals surface area contributed by atoms with Crippen molar-refractivity contribution in [3.05, 3.63) is 47.6 Å². The van der Waals surface area contributed by atoms with Crippen LogP contribution in [0.2, 0.25) is 0 Å². The normalized spacial score (nSPS) is 10.3. The lowest BCUT2D eigenvalue weighted by Gasteiger charge is -2.04. The molecule has 0 aliphatic heterocycles. The molecule has 1 nitrogen and oxygen atoms in total. The molecule has 0 aliphatic carbocycles. The van der Waals surface area contributed by atoms with Gasteiger partial charge in [-0.2, -0.15) is 0 Å². The van der Waals surface area contributed by atoms with Crippen LogP contribution in [0.4, 0.5) is 0 Å². The van der Waals surface area contributed by atoms with Crippen LogP contribution in [0.1, 0.15) is 52.7 Å². The SMILES string of the molecule is C/C=C\C(=C/C)c1ccc(O)c(C)c1.CC.CC. The van der Waals surface area contributed by atoms with E-state index in [4.69, 9.17) is 0 Å². The van der Waals surface area contributed by atoms with Gasteiger partial charge in [-0.25, -0.2) is 0 Å². The number of allylic oxidation sites excluding steroid dienone is 4. The number of phenolic OH excluding ortho intramolecular Hbond substituents is 1. The van der Waals surface area contributed by atoms with Gasteiger partial charge in [0.25, 0.3) is 0 Å². The van der Waals surface area contributed by atoms with E-state index in [1.807, 2.05) is 66.7 Å². The van der Waals surface area contributed by atoms with Crippen LogP contribution in [0.3, 0.4) is 0 Å². The van der Waals surface area contributed by atoms with E-state index in [-0.39, 0.29) is 0 Å². The molecule has 0 aromatic heterocycles. The molecule has 18 heavy (non-hydrogen) atoms. The summed E-state index contributed by atoms with van der Waals surface area (Å²) < 4.78 is 0. The second kappa shape index (κ2) is 12.0. The number of hydrogen-bond acceptors (Lipinski definition) is 1. The van der Waals surface area contributed by atoms with Crippen LogP contribution in [-0.4, -0.2) is 5.11 Å². The van der Waals surface area contributed by atoms with Crippen LogP contribution in [0.15, 0.2) is 36.4 Å². The zero-order valence-electron chi connectivity index (χ0n) is 12.9. The molecule has 0 saturated carbocycles. The molecule has 0 fully saturated rings. The first-order valence-corrected chi connectivity index (χ1v) is 6.78. The number of rotatable bonds is 2. The zero-order chi connectivity index (χ0) is 14.6. The largest absolute Gasteiger partial charge is 0.508 e. The molecule has 1 N–H and O–H groups in total. The summed E-state index contributed by atoms with van der Waals surface area (Å²) in [5.74, 6) is 0.352. The standard InChI is InChI=1S/C13H16O.2C2H6/c1-4-6-11(5-2)12-7-8-13(14)10(3)9-12;2*1-2/h4-9,14H,1-3H3;2*1-2H3/b6-4-,11-5+;;. The van der Waals surface area contributed by atoms with Crippen molar-refractivity contribution >= 4 is 5.57 Å². The first kappa shape index (κ1) is 18.9. The molecule has 1 heteroatoms. The molecule has 0 radical (unpaired) electrons. The monoisotopic (exact) mass is 248 g/mol. The van der Waals surface area contributed by atoms with Gasteiger partial charge < -0.3 is 5.11 Å². The van der Waals surface area contributed by atoms with E-state index in [1.54, 1.807) is 6.07 Å². The third-order valence-electron chi connectivity index (χ3n) is 2.19. The molecule has 102 valence electrons. The Bertz CT molecular complexity index is 373. The number of phenols is 1. The number of benzene rings is 1. The van der Waals surface area contributed by atoms with Crippen LogP contribution in [0.25, 0.3) is 5.57 Å². The van der Waals surface area contributed by atoms with Crippen molar-refractivity contribution in [2.24, 2.45) is 0 Å². The van der Waals surface area contributed by atoms with E-state index >= 15 is 0 Å². The van der Waals surface area contributed by atoms with Crippen LogP contribution in [-0.2, 0) is 0 Å². The maximum atomic E-state index is 9.39. The fourth-order valence-electron chi connectivity index (χ4n) is 1.37. The Kier molecular flexibility index (Phi) is 12.5. The van der Waals surface area contributed by atoms with E-state index in [0.717, 1.165) is 11.1 Å². The van der Waals surface area contributed by atoms with Gasteiger partial charge in [0.15, 0.2) is 0 Å². The minimum atomic E-state index is 0.352. The minimum absolute atomic E-state index is 0.352. The van der Waals surface area contributed by atoms with Crippen molar-refractivity contribution < 1.29 is 5.11 Å². The molecule has 0 spiro atoms. The van der Waals surface area contributed by atoms with Gasteiger partial charge in [-0.1, -0.05) is 52.0 Å². The summed E-state index contributed by atoms with van der Waals surface area (Å²) in [5, 5.41) is 9.39. The van der Waals surface area contributed by atoms with E-state index in [2.05, 4.69) is 12.2 Å². The van der Waals surface area contributed by atoms with Crippen LogP contribution < -0.4 is 0 Å². The number of hydrogen-bond donors (Lipinski definition) is 1. The topological polar surface area (TPSA) is 20.2 Å². The molecular weight excluding hydrogens is 220 g/mol. The fourth-order valence-corrected chi connectivity index (χ4v) is 1.37. The average molecular weight is 248 g/mol. The minimum Gasteiger partial charge on any atom is -0.508 e. The molecule has 0 amide bonds. The highest BCUT2D eigenvalue weighted by Crippen LogP contribution is 2.22. The van der Waals surface area contributed by atoms with Gasteiger partial charge in [0, 0.05) is 0 Å². The molecule has 1 aromatic rings. The second-order valence-corrected chi connectivity index (χ2v) is 3.25. The molecule has 0 saturated heterocycles. The molecule has 0 atom stereocenters. The highest BCUT2D eigenvalue weighted by atomic mass is 16.3. The zero-order valence-corrected chi connectivity index (χ0v) is 12.9. The Hall–Kier alpha value is -1.50. The number of aromatic hydroxyl groups is 1. The van der Waals surface area contributed by atoms with Gasteiger partial charge in [-0.3, -0.25) is 0 Å². The molecular formula is C17H28O. The highest BCUT2D eigenvalue weighted by Gasteiger charge is 1.99. The Morgan fingerprint density at radius 2 is 1.61 bits per heavy atom. The third kappa shape index (κ3) is 6.29. The van der Waals surface area contributed by atoms with Crippen molar-refractivity contribution in [3.63, 3.8) is 0 Å². The molecule has 1 rings (SSSR count). The van der Waals surface area contributed by atoms with Gasteiger partial charge in [-0.05, 0) is 49.6 Å². The molecule has 0 unspecified atom stereocenters. The lowest BCUT2D eigenvalue weighted by atomic mass is 10.0. The van der Waals surface area contributed by atoms with Crippen molar-refractivity contribution in [1.29, 1.82) is 0 Å². The summed E-state index contributed by atoms with van der Waals surface area (Å²) in [6, 6.07) is 5.65. The van der Waals surface area contributed by atoms with Crippen molar-refractivity contribution in [2.45, 2.75) is 48.5 Å². The van der Waals surface area contributed by atoms with Crippen LogP contribution >= 0.6 is 0 Å². The highest BCUT2D eigenvalue weighted by molar-refractivity contribution is 5.74. The summed E-state index contributed by atoms with van der Waals surface area (Å²) in [7, 11) is 0. The van der Waals surface area contributed by atoms with Gasteiger partial charge in [0.2, 0.25) is 0 Å². The summed E-state index contributed by atoms with van der Waals surface area (Å²) in [6.45, 7) is 13.9. The molecule has 0 aliphatic rings. The van der Waals surface area contributed by atoms with Crippen LogP contribution in [0.5, 0.6) is 5.75 Å². The molecule has 0 bridgehead atoms. The van der Waals surface area contributed by atoms with Crippen molar-refractivity contribution in [2.75, 3.05) is 0 Å². The van der Waals surface area contributed by atoms with Crippen molar-refractivity contribution in [1.82, 2.24) is 0 Å².